The SMILES string of the molecule is CCn1nc(C)cc1C(=O)Nc1nc2cc(C(N)=O)cc(OC)c2n1C/C=C/Cn1c(NC(=O)c2cc(C)nn2CC)nc2cc(C(N)=O)cc(OCCCC(=O)N3CCCN3)c21. The molecule has 6 aromatic rings. The number of carbonyl (C=O) groups is 5. The summed E-state index contributed by atoms with van der Waals surface area (Å²) in [5, 5.41) is 16.2. The first-order valence-electron chi connectivity index (χ1n) is 20.6. The van der Waals surface area contributed by atoms with Crippen molar-refractivity contribution >= 4 is 63.5 Å². The summed E-state index contributed by atoms with van der Waals surface area (Å²) in [5.41, 5.74) is 18.4. The Balaban J connectivity index is 1.25. The van der Waals surface area contributed by atoms with Crippen molar-refractivity contribution < 1.29 is 33.4 Å². The normalized spacial score (nSPS) is 12.7. The quantitative estimate of drug-likeness (QED) is 0.0616. The Bertz CT molecular complexity index is 2770. The molecule has 0 atom stereocenters. The summed E-state index contributed by atoms with van der Waals surface area (Å²) < 4.78 is 18.6. The van der Waals surface area contributed by atoms with Crippen molar-refractivity contribution in [2.24, 2.45) is 11.5 Å². The molecule has 5 amide bonds. The third-order valence-corrected chi connectivity index (χ3v) is 10.4. The van der Waals surface area contributed by atoms with Crippen molar-refractivity contribution in [3.8, 4) is 11.5 Å². The summed E-state index contributed by atoms with van der Waals surface area (Å²) in [6.45, 7) is 10.0. The third kappa shape index (κ3) is 9.22. The second kappa shape index (κ2) is 18.6. The van der Waals surface area contributed by atoms with E-state index in [9.17, 15) is 24.0 Å². The molecule has 0 unspecified atom stereocenters. The number of methoxy groups -OCH3 is 1. The zero-order chi connectivity index (χ0) is 44.9. The molecule has 4 aromatic heterocycles. The van der Waals surface area contributed by atoms with Crippen LogP contribution in [-0.2, 0) is 31.0 Å². The van der Waals surface area contributed by atoms with Crippen LogP contribution in [0.3, 0.4) is 0 Å². The van der Waals surface area contributed by atoms with Gasteiger partial charge >= 0.3 is 0 Å². The van der Waals surface area contributed by atoms with Crippen LogP contribution >= 0.6 is 0 Å². The zero-order valence-corrected chi connectivity index (χ0v) is 35.7. The Morgan fingerprint density at radius 1 is 0.762 bits per heavy atom. The van der Waals surface area contributed by atoms with Crippen LogP contribution in [-0.4, -0.2) is 100 Å². The van der Waals surface area contributed by atoms with Crippen molar-refractivity contribution in [1.29, 1.82) is 0 Å². The second-order valence-electron chi connectivity index (χ2n) is 14.8. The van der Waals surface area contributed by atoms with E-state index in [1.165, 1.54) is 31.4 Å². The maximum absolute atomic E-state index is 13.8. The molecule has 0 bridgehead atoms. The van der Waals surface area contributed by atoms with E-state index in [0.717, 1.165) is 13.0 Å². The van der Waals surface area contributed by atoms with E-state index in [0.29, 0.717) is 76.6 Å². The van der Waals surface area contributed by atoms with E-state index in [1.54, 1.807) is 49.5 Å². The van der Waals surface area contributed by atoms with Crippen LogP contribution in [0.1, 0.15) is 86.2 Å². The van der Waals surface area contributed by atoms with Crippen LogP contribution < -0.4 is 37.0 Å². The van der Waals surface area contributed by atoms with Gasteiger partial charge in [0.05, 0.1) is 36.1 Å². The van der Waals surface area contributed by atoms with Gasteiger partial charge in [0.2, 0.25) is 29.6 Å². The largest absolute Gasteiger partial charge is 0.494 e. The maximum Gasteiger partial charge on any atom is 0.276 e. The Morgan fingerprint density at radius 2 is 1.27 bits per heavy atom. The molecular weight excluding hydrogens is 813 g/mol. The number of anilines is 2. The van der Waals surface area contributed by atoms with Gasteiger partial charge in [-0.3, -0.25) is 49.0 Å². The van der Waals surface area contributed by atoms with Crippen LogP contribution in [0.15, 0.2) is 48.6 Å². The van der Waals surface area contributed by atoms with Gasteiger partial charge in [0.15, 0.2) is 0 Å². The van der Waals surface area contributed by atoms with E-state index in [-0.39, 0.29) is 60.8 Å². The zero-order valence-electron chi connectivity index (χ0n) is 35.7. The first-order chi connectivity index (χ1) is 30.3. The number of nitrogens with two attached hydrogens (primary N) is 2. The standard InChI is InChI=1S/C42H50N14O7/c1-6-54-30(18-24(3)50-54)39(60)48-41-46-28-20-26(37(43)58)22-32(62-5)35(28)52(41)14-8-9-15-53-36-29(47-42(53)49-40(61)31-19-25(4)51-55(31)7-2)21-27(38(44)59)23-33(36)63-17-10-12-34(57)56-16-11-13-45-56/h8-9,18-23,45H,6-7,10-17H2,1-5H3,(H2,43,58)(H2,44,59)(H,46,48,60)(H,47,49,61)/b9-8+. The van der Waals surface area contributed by atoms with Crippen molar-refractivity contribution in [1.82, 2.24) is 49.1 Å². The number of hydrogen-bond acceptors (Lipinski definition) is 12. The number of ether oxygens (including phenoxy) is 2. The third-order valence-electron chi connectivity index (χ3n) is 10.4. The molecule has 1 aliphatic rings. The van der Waals surface area contributed by atoms with E-state index in [2.05, 4.69) is 31.2 Å². The first-order valence-corrected chi connectivity index (χ1v) is 20.6. The molecule has 7 N–H and O–H groups in total. The highest BCUT2D eigenvalue weighted by atomic mass is 16.5. The molecule has 2 aromatic carbocycles. The number of amides is 5. The number of nitrogens with zero attached hydrogens (tertiary/aromatic N) is 9. The molecule has 0 saturated carbocycles. The van der Waals surface area contributed by atoms with Crippen LogP contribution in [0.4, 0.5) is 11.9 Å². The molecule has 1 fully saturated rings. The summed E-state index contributed by atoms with van der Waals surface area (Å²) in [5.74, 6) is -1.46. The minimum Gasteiger partial charge on any atom is -0.494 e. The van der Waals surface area contributed by atoms with E-state index in [1.807, 2.05) is 26.0 Å². The molecule has 21 heteroatoms. The average Bonchev–Trinajstić information content (AvgIpc) is 4.11. The molecule has 1 aliphatic heterocycles. The van der Waals surface area contributed by atoms with Gasteiger partial charge in [-0.05, 0) is 76.9 Å². The van der Waals surface area contributed by atoms with Crippen LogP contribution in [0.5, 0.6) is 11.5 Å². The number of aromatic nitrogens is 8. The predicted molar refractivity (Wildman–Crippen MR) is 232 cm³/mol. The number of benzene rings is 2. The van der Waals surface area contributed by atoms with Gasteiger partial charge in [-0.2, -0.15) is 10.2 Å². The lowest BCUT2D eigenvalue weighted by Gasteiger charge is -2.16. The van der Waals surface area contributed by atoms with Gasteiger partial charge in [-0.1, -0.05) is 12.2 Å². The number of nitrogens with one attached hydrogen (secondary N) is 3. The van der Waals surface area contributed by atoms with Crippen molar-refractivity contribution in [2.45, 2.75) is 73.1 Å². The number of aryl methyl sites for hydroxylation is 4. The lowest BCUT2D eigenvalue weighted by molar-refractivity contribution is -0.132. The number of imidazole rings is 2. The fourth-order valence-electron chi connectivity index (χ4n) is 7.47. The fourth-order valence-corrected chi connectivity index (χ4v) is 7.47. The molecule has 21 nitrogen and oxygen atoms in total. The Hall–Kier alpha value is -7.55. The molecule has 330 valence electrons. The minimum absolute atomic E-state index is 0.0455. The van der Waals surface area contributed by atoms with Crippen LogP contribution in [0, 0.1) is 13.8 Å². The molecule has 1 saturated heterocycles. The highest BCUT2D eigenvalue weighted by Gasteiger charge is 2.24. The molecule has 63 heavy (non-hydrogen) atoms. The smallest absolute Gasteiger partial charge is 0.276 e. The molecule has 0 radical (unpaired) electrons. The van der Waals surface area contributed by atoms with Gasteiger partial charge in [0.25, 0.3) is 11.8 Å². The predicted octanol–water partition coefficient (Wildman–Crippen LogP) is 3.30. The lowest BCUT2D eigenvalue weighted by Crippen LogP contribution is -2.36. The van der Waals surface area contributed by atoms with Gasteiger partial charge in [-0.25, -0.2) is 15.4 Å². The van der Waals surface area contributed by atoms with E-state index in [4.69, 9.17) is 25.9 Å². The van der Waals surface area contributed by atoms with Gasteiger partial charge in [0.1, 0.15) is 33.9 Å². The monoisotopic (exact) mass is 862 g/mol. The van der Waals surface area contributed by atoms with Crippen molar-refractivity contribution in [2.75, 3.05) is 37.4 Å². The number of primary amides is 2. The van der Waals surface area contributed by atoms with Gasteiger partial charge in [0, 0.05) is 56.8 Å². The highest BCUT2D eigenvalue weighted by Crippen LogP contribution is 2.33. The Labute approximate surface area is 361 Å². The number of hydrogen-bond donors (Lipinski definition) is 5. The summed E-state index contributed by atoms with van der Waals surface area (Å²) >= 11 is 0. The first kappa shape index (κ1) is 43.5. The number of allylic oxidation sites excluding steroid dienone is 2. The maximum atomic E-state index is 13.8. The molecular formula is C42H50N14O7. The van der Waals surface area contributed by atoms with Gasteiger partial charge < -0.3 is 30.1 Å². The summed E-state index contributed by atoms with van der Waals surface area (Å²) in [4.78, 5) is 74.4. The Morgan fingerprint density at radius 3 is 1.73 bits per heavy atom. The highest BCUT2D eigenvalue weighted by molar-refractivity contribution is 6.05. The van der Waals surface area contributed by atoms with Crippen LogP contribution in [0.2, 0.25) is 0 Å². The number of carbonyl (C=O) groups excluding carboxylic acids is 5. The van der Waals surface area contributed by atoms with E-state index < -0.39 is 23.6 Å². The number of rotatable bonds is 18. The molecule has 7 rings (SSSR count). The number of hydrazine groups is 1. The topological polar surface area (TPSA) is 266 Å². The summed E-state index contributed by atoms with van der Waals surface area (Å²) in [7, 11) is 1.45. The van der Waals surface area contributed by atoms with E-state index >= 15 is 0 Å². The fraction of sp³-hybridized carbons (Fsp3) is 0.357. The van der Waals surface area contributed by atoms with Crippen molar-refractivity contribution in [3.63, 3.8) is 0 Å². The minimum atomic E-state index is -0.706. The lowest BCUT2D eigenvalue weighted by atomic mass is 10.1. The van der Waals surface area contributed by atoms with Crippen LogP contribution in [0.25, 0.3) is 22.1 Å². The Kier molecular flexibility index (Phi) is 12.9. The molecule has 0 aliphatic carbocycles. The van der Waals surface area contributed by atoms with Gasteiger partial charge in [-0.15, -0.1) is 0 Å². The average molecular weight is 863 g/mol. The summed E-state index contributed by atoms with van der Waals surface area (Å²) in [6, 6.07) is 9.42. The molecule has 5 heterocycles. The summed E-state index contributed by atoms with van der Waals surface area (Å²) in [6.07, 6.45) is 5.15. The number of fused-ring (bicyclic) bond motifs is 2. The molecule has 0 spiro atoms. The van der Waals surface area contributed by atoms with Crippen molar-refractivity contribution in [3.05, 3.63) is 82.5 Å². The second-order valence-corrected chi connectivity index (χ2v) is 14.8.